The smallest absolute Gasteiger partial charge is 0.326 e. The summed E-state index contributed by atoms with van der Waals surface area (Å²) in [4.78, 5) is 24.5. The number of rotatable bonds is 4. The highest BCUT2D eigenvalue weighted by Crippen LogP contribution is 2.21. The van der Waals surface area contributed by atoms with Crippen LogP contribution in [-0.4, -0.2) is 41.1 Å². The number of benzene rings is 1. The van der Waals surface area contributed by atoms with Crippen molar-refractivity contribution in [3.8, 4) is 5.75 Å². The number of carboxylic acids is 1. The van der Waals surface area contributed by atoms with E-state index in [1.54, 1.807) is 0 Å². The van der Waals surface area contributed by atoms with Gasteiger partial charge in [-0.1, -0.05) is 12.1 Å². The molecule has 5 heteroatoms. The van der Waals surface area contributed by atoms with Gasteiger partial charge in [0.15, 0.2) is 6.61 Å². The minimum absolute atomic E-state index is 0.117. The van der Waals surface area contributed by atoms with Crippen molar-refractivity contribution >= 4 is 11.9 Å². The first-order valence-corrected chi connectivity index (χ1v) is 6.71. The topological polar surface area (TPSA) is 66.8 Å². The first-order valence-electron chi connectivity index (χ1n) is 6.71. The standard InChI is InChI=1S/C15H19NO4/c1-10-5-6-11(2)13(8-10)20-9-14(17)16-7-3-4-12(16)15(18)19/h5-6,8,12H,3-4,7,9H2,1-2H3,(H,18,19)/t12-/m1/s1. The number of ether oxygens (including phenoxy) is 1. The van der Waals surface area contributed by atoms with Crippen molar-refractivity contribution in [2.24, 2.45) is 0 Å². The monoisotopic (exact) mass is 277 g/mol. The molecule has 5 nitrogen and oxygen atoms in total. The number of likely N-dealkylation sites (tertiary alicyclic amines) is 1. The van der Waals surface area contributed by atoms with Crippen LogP contribution in [0, 0.1) is 13.8 Å². The van der Waals surface area contributed by atoms with Gasteiger partial charge in [-0.3, -0.25) is 4.79 Å². The normalized spacial score (nSPS) is 18.1. The summed E-state index contributed by atoms with van der Waals surface area (Å²) in [5.41, 5.74) is 2.02. The van der Waals surface area contributed by atoms with Gasteiger partial charge in [0, 0.05) is 6.54 Å². The fraction of sp³-hybridized carbons (Fsp3) is 0.467. The van der Waals surface area contributed by atoms with Gasteiger partial charge in [0.1, 0.15) is 11.8 Å². The number of aryl methyl sites for hydroxylation is 2. The lowest BCUT2D eigenvalue weighted by Crippen LogP contribution is -2.42. The summed E-state index contributed by atoms with van der Waals surface area (Å²) in [6.45, 7) is 4.24. The SMILES string of the molecule is Cc1ccc(C)c(OCC(=O)N2CCC[C@@H]2C(=O)O)c1. The summed E-state index contributed by atoms with van der Waals surface area (Å²) in [6.07, 6.45) is 1.25. The van der Waals surface area contributed by atoms with Crippen LogP contribution in [0.3, 0.4) is 0 Å². The molecule has 1 N–H and O–H groups in total. The summed E-state index contributed by atoms with van der Waals surface area (Å²) in [6, 6.07) is 5.08. The molecule has 1 amide bonds. The van der Waals surface area contributed by atoms with Crippen LogP contribution in [0.25, 0.3) is 0 Å². The minimum atomic E-state index is -0.942. The van der Waals surface area contributed by atoms with Crippen molar-refractivity contribution < 1.29 is 19.4 Å². The van der Waals surface area contributed by atoms with E-state index in [4.69, 9.17) is 9.84 Å². The minimum Gasteiger partial charge on any atom is -0.483 e. The Kier molecular flexibility index (Phi) is 4.27. The molecule has 0 aromatic heterocycles. The molecule has 1 aliphatic rings. The zero-order valence-electron chi connectivity index (χ0n) is 11.8. The molecule has 1 heterocycles. The van der Waals surface area contributed by atoms with E-state index >= 15 is 0 Å². The van der Waals surface area contributed by atoms with Gasteiger partial charge in [-0.05, 0) is 43.9 Å². The quantitative estimate of drug-likeness (QED) is 0.910. The second kappa shape index (κ2) is 5.94. The molecule has 0 spiro atoms. The highest BCUT2D eigenvalue weighted by molar-refractivity contribution is 5.85. The third-order valence-corrected chi connectivity index (χ3v) is 3.55. The highest BCUT2D eigenvalue weighted by Gasteiger charge is 2.33. The molecule has 1 saturated heterocycles. The number of carbonyl (C=O) groups excluding carboxylic acids is 1. The summed E-state index contributed by atoms with van der Waals surface area (Å²) in [5, 5.41) is 9.06. The Morgan fingerprint density at radius 1 is 1.40 bits per heavy atom. The van der Waals surface area contributed by atoms with Crippen LogP contribution in [0.4, 0.5) is 0 Å². The van der Waals surface area contributed by atoms with Crippen LogP contribution in [0.5, 0.6) is 5.75 Å². The van der Waals surface area contributed by atoms with Gasteiger partial charge < -0.3 is 14.7 Å². The molecule has 0 bridgehead atoms. The van der Waals surface area contributed by atoms with E-state index in [0.717, 1.165) is 17.5 Å². The maximum atomic E-state index is 12.1. The van der Waals surface area contributed by atoms with Gasteiger partial charge in [-0.2, -0.15) is 0 Å². The van der Waals surface area contributed by atoms with E-state index in [9.17, 15) is 9.59 Å². The van der Waals surface area contributed by atoms with Crippen molar-refractivity contribution in [1.29, 1.82) is 0 Å². The third-order valence-electron chi connectivity index (χ3n) is 3.55. The van der Waals surface area contributed by atoms with Crippen molar-refractivity contribution in [1.82, 2.24) is 4.90 Å². The Hall–Kier alpha value is -2.04. The molecule has 1 aromatic carbocycles. The molecule has 0 radical (unpaired) electrons. The number of hydrogen-bond donors (Lipinski definition) is 1. The summed E-state index contributed by atoms with van der Waals surface area (Å²) < 4.78 is 5.54. The van der Waals surface area contributed by atoms with Gasteiger partial charge in [-0.15, -0.1) is 0 Å². The van der Waals surface area contributed by atoms with Gasteiger partial charge in [-0.25, -0.2) is 4.79 Å². The maximum absolute atomic E-state index is 12.1. The molecule has 0 unspecified atom stereocenters. The van der Waals surface area contributed by atoms with Gasteiger partial charge in [0.25, 0.3) is 5.91 Å². The molecule has 0 aliphatic carbocycles. The average Bonchev–Trinajstić information content (AvgIpc) is 2.89. The fourth-order valence-electron chi connectivity index (χ4n) is 2.41. The van der Waals surface area contributed by atoms with E-state index in [1.807, 2.05) is 32.0 Å². The van der Waals surface area contributed by atoms with Crippen LogP contribution in [-0.2, 0) is 9.59 Å². The first-order chi connectivity index (χ1) is 9.49. The van der Waals surface area contributed by atoms with Gasteiger partial charge >= 0.3 is 5.97 Å². The Morgan fingerprint density at radius 3 is 2.85 bits per heavy atom. The number of carboxylic acid groups (broad SMARTS) is 1. The van der Waals surface area contributed by atoms with E-state index in [1.165, 1.54) is 4.90 Å². The fourth-order valence-corrected chi connectivity index (χ4v) is 2.41. The van der Waals surface area contributed by atoms with Gasteiger partial charge in [0.05, 0.1) is 0 Å². The molecule has 1 fully saturated rings. The van der Waals surface area contributed by atoms with E-state index < -0.39 is 12.0 Å². The predicted molar refractivity (Wildman–Crippen MR) is 73.8 cm³/mol. The highest BCUT2D eigenvalue weighted by atomic mass is 16.5. The van der Waals surface area contributed by atoms with Gasteiger partial charge in [0.2, 0.25) is 0 Å². The van der Waals surface area contributed by atoms with E-state index in [0.29, 0.717) is 18.7 Å². The lowest BCUT2D eigenvalue weighted by Gasteiger charge is -2.21. The number of nitrogens with zero attached hydrogens (tertiary/aromatic N) is 1. The van der Waals surface area contributed by atoms with Crippen molar-refractivity contribution in [3.63, 3.8) is 0 Å². The Balaban J connectivity index is 1.98. The van der Waals surface area contributed by atoms with Crippen molar-refractivity contribution in [2.45, 2.75) is 32.7 Å². The largest absolute Gasteiger partial charge is 0.483 e. The lowest BCUT2D eigenvalue weighted by atomic mass is 10.1. The Bertz CT molecular complexity index is 527. The lowest BCUT2D eigenvalue weighted by molar-refractivity contribution is -0.148. The summed E-state index contributed by atoms with van der Waals surface area (Å²) >= 11 is 0. The van der Waals surface area contributed by atoms with Crippen LogP contribution in [0.2, 0.25) is 0 Å². The van der Waals surface area contributed by atoms with E-state index in [-0.39, 0.29) is 12.5 Å². The Morgan fingerprint density at radius 2 is 2.15 bits per heavy atom. The first kappa shape index (κ1) is 14.4. The molecule has 0 saturated carbocycles. The third kappa shape index (κ3) is 3.10. The predicted octanol–water partition coefficient (Wildman–Crippen LogP) is 1.76. The zero-order valence-corrected chi connectivity index (χ0v) is 11.8. The molecule has 20 heavy (non-hydrogen) atoms. The molecule has 108 valence electrons. The van der Waals surface area contributed by atoms with Crippen molar-refractivity contribution in [3.05, 3.63) is 29.3 Å². The van der Waals surface area contributed by atoms with Crippen LogP contribution >= 0.6 is 0 Å². The second-order valence-electron chi connectivity index (χ2n) is 5.14. The molecule has 1 aromatic rings. The Labute approximate surface area is 118 Å². The molecular weight excluding hydrogens is 258 g/mol. The van der Waals surface area contributed by atoms with Crippen LogP contribution < -0.4 is 4.74 Å². The average molecular weight is 277 g/mol. The number of amides is 1. The number of aliphatic carboxylic acids is 1. The second-order valence-corrected chi connectivity index (χ2v) is 5.14. The molecule has 1 atom stereocenters. The summed E-state index contributed by atoms with van der Waals surface area (Å²) in [7, 11) is 0. The summed E-state index contributed by atoms with van der Waals surface area (Å²) in [5.74, 6) is -0.539. The van der Waals surface area contributed by atoms with Crippen LogP contribution in [0.15, 0.2) is 18.2 Å². The van der Waals surface area contributed by atoms with Crippen LogP contribution in [0.1, 0.15) is 24.0 Å². The number of hydrogen-bond acceptors (Lipinski definition) is 3. The van der Waals surface area contributed by atoms with E-state index in [2.05, 4.69) is 0 Å². The maximum Gasteiger partial charge on any atom is 0.326 e. The molecule has 2 rings (SSSR count). The molecular formula is C15H19NO4. The van der Waals surface area contributed by atoms with Crippen molar-refractivity contribution in [2.75, 3.05) is 13.2 Å². The molecule has 1 aliphatic heterocycles. The zero-order chi connectivity index (χ0) is 14.7. The number of carbonyl (C=O) groups is 2.